The molecule has 1 atom stereocenters. The highest BCUT2D eigenvalue weighted by Crippen LogP contribution is 2.21. The van der Waals surface area contributed by atoms with Crippen molar-refractivity contribution < 1.29 is 9.90 Å². The third kappa shape index (κ3) is 2.79. The molecule has 3 nitrogen and oxygen atoms in total. The van der Waals surface area contributed by atoms with Gasteiger partial charge in [-0.1, -0.05) is 48.5 Å². The van der Waals surface area contributed by atoms with Gasteiger partial charge in [-0.3, -0.25) is 4.79 Å². The minimum absolute atomic E-state index is 0.0997. The summed E-state index contributed by atoms with van der Waals surface area (Å²) < 4.78 is 0. The van der Waals surface area contributed by atoms with E-state index in [4.69, 9.17) is 0 Å². The lowest BCUT2D eigenvalue weighted by atomic mass is 10.0. The summed E-state index contributed by atoms with van der Waals surface area (Å²) in [5.74, 6) is 0.119. The van der Waals surface area contributed by atoms with Crippen LogP contribution in [0.25, 0.3) is 10.8 Å². The Hall–Kier alpha value is -2.81. The maximum atomic E-state index is 12.5. The Morgan fingerprint density at radius 3 is 2.41 bits per heavy atom. The molecule has 0 bridgehead atoms. The lowest BCUT2D eigenvalue weighted by molar-refractivity contribution is 0.0941. The van der Waals surface area contributed by atoms with Gasteiger partial charge in [0.05, 0.1) is 6.04 Å². The molecule has 0 fully saturated rings. The summed E-state index contributed by atoms with van der Waals surface area (Å²) in [6, 6.07) is 20.3. The van der Waals surface area contributed by atoms with Crippen LogP contribution >= 0.6 is 0 Å². The van der Waals surface area contributed by atoms with Crippen molar-refractivity contribution in [1.82, 2.24) is 5.32 Å². The summed E-state index contributed by atoms with van der Waals surface area (Å²) in [7, 11) is 0. The standard InChI is InChI=1S/C19H17NO2/c1-13(14-9-11-16(21)12-10-14)20-19(22)18-8-4-6-15-5-2-3-7-17(15)18/h2-13,21H,1H3,(H,20,22)/t13-/m1/s1. The highest BCUT2D eigenvalue weighted by atomic mass is 16.3. The molecule has 0 unspecified atom stereocenters. The number of hydrogen-bond acceptors (Lipinski definition) is 2. The van der Waals surface area contributed by atoms with Crippen LogP contribution in [0.2, 0.25) is 0 Å². The van der Waals surface area contributed by atoms with Crippen LogP contribution in [0.15, 0.2) is 66.7 Å². The summed E-state index contributed by atoms with van der Waals surface area (Å²) in [6.07, 6.45) is 0. The highest BCUT2D eigenvalue weighted by Gasteiger charge is 2.13. The molecule has 2 N–H and O–H groups in total. The first-order valence-corrected chi connectivity index (χ1v) is 7.23. The molecule has 110 valence electrons. The molecule has 0 spiro atoms. The number of fused-ring (bicyclic) bond motifs is 1. The van der Waals surface area contributed by atoms with Gasteiger partial charge in [0, 0.05) is 5.56 Å². The van der Waals surface area contributed by atoms with Crippen LogP contribution in [0.5, 0.6) is 5.75 Å². The summed E-state index contributed by atoms with van der Waals surface area (Å²) in [6.45, 7) is 1.93. The van der Waals surface area contributed by atoms with Gasteiger partial charge in [-0.2, -0.15) is 0 Å². The Labute approximate surface area is 129 Å². The average molecular weight is 291 g/mol. The highest BCUT2D eigenvalue weighted by molar-refractivity contribution is 6.07. The van der Waals surface area contributed by atoms with Crippen LogP contribution in [-0.4, -0.2) is 11.0 Å². The zero-order valence-corrected chi connectivity index (χ0v) is 12.3. The Kier molecular flexibility index (Phi) is 3.79. The molecule has 1 amide bonds. The van der Waals surface area contributed by atoms with E-state index in [-0.39, 0.29) is 17.7 Å². The molecule has 0 radical (unpaired) electrons. The maximum Gasteiger partial charge on any atom is 0.252 e. The molecular weight excluding hydrogens is 274 g/mol. The van der Waals surface area contributed by atoms with Crippen LogP contribution < -0.4 is 5.32 Å². The van der Waals surface area contributed by atoms with Crippen LogP contribution in [0, 0.1) is 0 Å². The van der Waals surface area contributed by atoms with Crippen LogP contribution in [0.4, 0.5) is 0 Å². The first-order valence-electron chi connectivity index (χ1n) is 7.23. The normalized spacial score (nSPS) is 12.0. The second kappa shape index (κ2) is 5.90. The van der Waals surface area contributed by atoms with E-state index in [1.165, 1.54) is 0 Å². The molecule has 0 aliphatic rings. The average Bonchev–Trinajstić information content (AvgIpc) is 2.54. The molecule has 0 saturated carbocycles. The Balaban J connectivity index is 1.85. The Morgan fingerprint density at radius 2 is 1.64 bits per heavy atom. The summed E-state index contributed by atoms with van der Waals surface area (Å²) in [5, 5.41) is 14.3. The van der Waals surface area contributed by atoms with E-state index in [2.05, 4.69) is 5.32 Å². The fourth-order valence-corrected chi connectivity index (χ4v) is 2.54. The van der Waals surface area contributed by atoms with E-state index in [0.29, 0.717) is 5.56 Å². The largest absolute Gasteiger partial charge is 0.508 e. The van der Waals surface area contributed by atoms with E-state index >= 15 is 0 Å². The number of carbonyl (C=O) groups is 1. The number of amides is 1. The quantitative estimate of drug-likeness (QED) is 0.765. The lowest BCUT2D eigenvalue weighted by Gasteiger charge is -2.15. The van der Waals surface area contributed by atoms with Crippen molar-refractivity contribution in [3.8, 4) is 5.75 Å². The minimum atomic E-state index is -0.132. The van der Waals surface area contributed by atoms with Crippen molar-refractivity contribution in [3.63, 3.8) is 0 Å². The van der Waals surface area contributed by atoms with Gasteiger partial charge in [-0.05, 0) is 41.5 Å². The third-order valence-electron chi connectivity index (χ3n) is 3.77. The van der Waals surface area contributed by atoms with Crippen molar-refractivity contribution in [2.75, 3.05) is 0 Å². The van der Waals surface area contributed by atoms with Crippen LogP contribution in [0.3, 0.4) is 0 Å². The second-order valence-electron chi connectivity index (χ2n) is 5.31. The van der Waals surface area contributed by atoms with Gasteiger partial charge in [0.2, 0.25) is 0 Å². The van der Waals surface area contributed by atoms with Gasteiger partial charge in [-0.25, -0.2) is 0 Å². The number of hydrogen-bond donors (Lipinski definition) is 2. The van der Waals surface area contributed by atoms with Crippen LogP contribution in [-0.2, 0) is 0 Å². The predicted octanol–water partition coefficient (Wildman–Crippen LogP) is 4.04. The SMILES string of the molecule is C[C@@H](NC(=O)c1cccc2ccccc12)c1ccc(O)cc1. The van der Waals surface area contributed by atoms with Gasteiger partial charge in [0.25, 0.3) is 5.91 Å². The zero-order chi connectivity index (χ0) is 15.5. The first kappa shape index (κ1) is 14.1. The lowest BCUT2D eigenvalue weighted by Crippen LogP contribution is -2.26. The molecule has 0 saturated heterocycles. The number of benzene rings is 3. The summed E-state index contributed by atoms with van der Waals surface area (Å²) in [5.41, 5.74) is 1.62. The van der Waals surface area contributed by atoms with Gasteiger partial charge >= 0.3 is 0 Å². The molecule has 0 aromatic heterocycles. The van der Waals surface area contributed by atoms with E-state index in [0.717, 1.165) is 16.3 Å². The second-order valence-corrected chi connectivity index (χ2v) is 5.31. The number of carbonyl (C=O) groups excluding carboxylic acids is 1. The molecule has 3 rings (SSSR count). The van der Waals surface area contributed by atoms with Crippen molar-refractivity contribution in [2.24, 2.45) is 0 Å². The third-order valence-corrected chi connectivity index (χ3v) is 3.77. The summed E-state index contributed by atoms with van der Waals surface area (Å²) >= 11 is 0. The minimum Gasteiger partial charge on any atom is -0.508 e. The molecule has 0 aliphatic carbocycles. The fraction of sp³-hybridized carbons (Fsp3) is 0.105. The molecule has 0 aliphatic heterocycles. The summed E-state index contributed by atoms with van der Waals surface area (Å²) in [4.78, 5) is 12.5. The predicted molar refractivity (Wildman–Crippen MR) is 87.9 cm³/mol. The number of nitrogens with one attached hydrogen (secondary N) is 1. The number of phenolic OH excluding ortho intramolecular Hbond substituents is 1. The van der Waals surface area contributed by atoms with E-state index in [1.54, 1.807) is 12.1 Å². The number of rotatable bonds is 3. The van der Waals surface area contributed by atoms with Gasteiger partial charge in [-0.15, -0.1) is 0 Å². The van der Waals surface area contributed by atoms with E-state index in [1.807, 2.05) is 61.5 Å². The molecule has 3 aromatic rings. The molecule has 0 heterocycles. The van der Waals surface area contributed by atoms with Gasteiger partial charge < -0.3 is 10.4 Å². The van der Waals surface area contributed by atoms with Crippen molar-refractivity contribution in [1.29, 1.82) is 0 Å². The van der Waals surface area contributed by atoms with Crippen molar-refractivity contribution in [2.45, 2.75) is 13.0 Å². The zero-order valence-electron chi connectivity index (χ0n) is 12.3. The topological polar surface area (TPSA) is 49.3 Å². The van der Waals surface area contributed by atoms with Crippen molar-refractivity contribution in [3.05, 3.63) is 77.9 Å². The smallest absolute Gasteiger partial charge is 0.252 e. The molecule has 3 heteroatoms. The number of aromatic hydroxyl groups is 1. The van der Waals surface area contributed by atoms with E-state index < -0.39 is 0 Å². The first-order chi connectivity index (χ1) is 10.6. The van der Waals surface area contributed by atoms with Gasteiger partial charge in [0.15, 0.2) is 0 Å². The monoisotopic (exact) mass is 291 g/mol. The maximum absolute atomic E-state index is 12.5. The Morgan fingerprint density at radius 1 is 0.955 bits per heavy atom. The molecular formula is C19H17NO2. The number of phenols is 1. The molecule has 22 heavy (non-hydrogen) atoms. The van der Waals surface area contributed by atoms with Crippen LogP contribution in [0.1, 0.15) is 28.9 Å². The van der Waals surface area contributed by atoms with Gasteiger partial charge in [0.1, 0.15) is 5.75 Å². The molecule has 3 aromatic carbocycles. The van der Waals surface area contributed by atoms with E-state index in [9.17, 15) is 9.90 Å². The van der Waals surface area contributed by atoms with Crippen molar-refractivity contribution >= 4 is 16.7 Å². The Bertz CT molecular complexity index is 804. The fourth-order valence-electron chi connectivity index (χ4n) is 2.54.